The number of rotatable bonds is 5. The lowest BCUT2D eigenvalue weighted by molar-refractivity contribution is -0.141. The first-order valence-electron chi connectivity index (χ1n) is 6.36. The molecule has 104 valence electrons. The molecular formula is C14H20N2O3. The number of hydrogen-bond acceptors (Lipinski definition) is 3. The summed E-state index contributed by atoms with van der Waals surface area (Å²) in [6.45, 7) is 6.29. The van der Waals surface area contributed by atoms with E-state index in [1.807, 2.05) is 38.1 Å². The van der Waals surface area contributed by atoms with Gasteiger partial charge in [-0.1, -0.05) is 12.1 Å². The zero-order valence-electron chi connectivity index (χ0n) is 11.6. The summed E-state index contributed by atoms with van der Waals surface area (Å²) in [4.78, 5) is 24.8. The Morgan fingerprint density at radius 3 is 2.63 bits per heavy atom. The first-order valence-corrected chi connectivity index (χ1v) is 6.36. The van der Waals surface area contributed by atoms with Crippen molar-refractivity contribution in [3.05, 3.63) is 29.8 Å². The quantitative estimate of drug-likeness (QED) is 0.828. The molecule has 5 heteroatoms. The van der Waals surface area contributed by atoms with Crippen LogP contribution >= 0.6 is 0 Å². The summed E-state index contributed by atoms with van der Waals surface area (Å²) in [6.07, 6.45) is 0. The van der Waals surface area contributed by atoms with Crippen molar-refractivity contribution in [2.24, 2.45) is 0 Å². The molecule has 0 spiro atoms. The van der Waals surface area contributed by atoms with E-state index in [2.05, 4.69) is 5.32 Å². The average molecular weight is 264 g/mol. The fourth-order valence-corrected chi connectivity index (χ4v) is 1.69. The molecule has 0 atom stereocenters. The number of ether oxygens (including phenoxy) is 1. The van der Waals surface area contributed by atoms with Gasteiger partial charge in [0.1, 0.15) is 6.54 Å². The zero-order valence-corrected chi connectivity index (χ0v) is 11.6. The number of hydrogen-bond donors (Lipinski definition) is 1. The highest BCUT2D eigenvalue weighted by atomic mass is 16.5. The van der Waals surface area contributed by atoms with E-state index in [4.69, 9.17) is 4.74 Å². The van der Waals surface area contributed by atoms with Gasteiger partial charge in [-0.05, 0) is 38.5 Å². The lowest BCUT2D eigenvalue weighted by Crippen LogP contribution is -2.42. The molecule has 0 bridgehead atoms. The molecule has 0 aliphatic heterocycles. The van der Waals surface area contributed by atoms with E-state index in [1.165, 1.54) is 0 Å². The van der Waals surface area contributed by atoms with Crippen LogP contribution in [0.5, 0.6) is 0 Å². The summed E-state index contributed by atoms with van der Waals surface area (Å²) in [5.74, 6) is -0.434. The molecule has 0 unspecified atom stereocenters. The van der Waals surface area contributed by atoms with Crippen molar-refractivity contribution in [3.8, 4) is 0 Å². The Bertz CT molecular complexity index is 446. The second-order valence-electron chi connectivity index (χ2n) is 4.05. The van der Waals surface area contributed by atoms with Gasteiger partial charge in [0.2, 0.25) is 0 Å². The van der Waals surface area contributed by atoms with E-state index in [0.29, 0.717) is 13.2 Å². The second-order valence-corrected chi connectivity index (χ2v) is 4.05. The van der Waals surface area contributed by atoms with Crippen LogP contribution in [0.1, 0.15) is 19.4 Å². The van der Waals surface area contributed by atoms with Gasteiger partial charge in [-0.25, -0.2) is 4.79 Å². The smallest absolute Gasteiger partial charge is 0.325 e. The molecule has 0 heterocycles. The minimum Gasteiger partial charge on any atom is -0.465 e. The van der Waals surface area contributed by atoms with Crippen LogP contribution in [-0.4, -0.2) is 31.7 Å². The maximum atomic E-state index is 12.0. The Morgan fingerprint density at radius 2 is 2.05 bits per heavy atom. The molecule has 1 aromatic rings. The molecule has 0 aromatic heterocycles. The van der Waals surface area contributed by atoms with Gasteiger partial charge in [-0.2, -0.15) is 0 Å². The predicted molar refractivity (Wildman–Crippen MR) is 74.2 cm³/mol. The summed E-state index contributed by atoms with van der Waals surface area (Å²) in [7, 11) is 0. The third-order valence-corrected chi connectivity index (χ3v) is 2.56. The van der Waals surface area contributed by atoms with Crippen LogP contribution < -0.4 is 10.2 Å². The van der Waals surface area contributed by atoms with Crippen molar-refractivity contribution in [3.63, 3.8) is 0 Å². The number of nitrogens with zero attached hydrogens (tertiary/aromatic N) is 1. The van der Waals surface area contributed by atoms with Gasteiger partial charge in [0.05, 0.1) is 6.61 Å². The molecule has 0 radical (unpaired) electrons. The van der Waals surface area contributed by atoms with E-state index in [0.717, 1.165) is 11.3 Å². The number of nitrogens with one attached hydrogen (secondary N) is 1. The number of carbonyl (C=O) groups excluding carboxylic acids is 2. The lowest BCUT2D eigenvalue weighted by Gasteiger charge is -2.21. The normalized spacial score (nSPS) is 9.84. The number of benzene rings is 1. The Kier molecular flexibility index (Phi) is 5.85. The molecule has 0 fully saturated rings. The summed E-state index contributed by atoms with van der Waals surface area (Å²) in [5.41, 5.74) is 1.89. The molecule has 0 aliphatic carbocycles. The van der Waals surface area contributed by atoms with E-state index < -0.39 is 5.97 Å². The van der Waals surface area contributed by atoms with Gasteiger partial charge in [0.25, 0.3) is 0 Å². The van der Waals surface area contributed by atoms with E-state index in [9.17, 15) is 9.59 Å². The van der Waals surface area contributed by atoms with Crippen LogP contribution in [0.3, 0.4) is 0 Å². The first-order chi connectivity index (χ1) is 9.08. The highest BCUT2D eigenvalue weighted by molar-refractivity contribution is 5.93. The highest BCUT2D eigenvalue weighted by Gasteiger charge is 2.14. The van der Waals surface area contributed by atoms with Gasteiger partial charge in [0, 0.05) is 12.2 Å². The molecule has 2 amide bonds. The highest BCUT2D eigenvalue weighted by Crippen LogP contribution is 2.15. The molecular weight excluding hydrogens is 244 g/mol. The number of amides is 2. The van der Waals surface area contributed by atoms with Crippen LogP contribution in [0.4, 0.5) is 10.5 Å². The second kappa shape index (κ2) is 7.41. The van der Waals surface area contributed by atoms with Crippen molar-refractivity contribution < 1.29 is 14.3 Å². The van der Waals surface area contributed by atoms with Crippen LogP contribution in [0.2, 0.25) is 0 Å². The van der Waals surface area contributed by atoms with Crippen molar-refractivity contribution in [2.75, 3.05) is 24.6 Å². The fraction of sp³-hybridized carbons (Fsp3) is 0.429. The molecule has 1 rings (SSSR count). The summed E-state index contributed by atoms with van der Waals surface area (Å²) >= 11 is 0. The van der Waals surface area contributed by atoms with Crippen LogP contribution in [0.15, 0.2) is 24.3 Å². The molecule has 1 N–H and O–H groups in total. The molecule has 1 aromatic carbocycles. The number of anilines is 1. The number of urea groups is 1. The first kappa shape index (κ1) is 15.0. The average Bonchev–Trinajstić information content (AvgIpc) is 2.38. The Labute approximate surface area is 113 Å². The maximum Gasteiger partial charge on any atom is 0.325 e. The van der Waals surface area contributed by atoms with E-state index >= 15 is 0 Å². The van der Waals surface area contributed by atoms with Crippen LogP contribution in [-0.2, 0) is 9.53 Å². The fourth-order valence-electron chi connectivity index (χ4n) is 1.69. The Hall–Kier alpha value is -2.04. The molecule has 0 saturated heterocycles. The lowest BCUT2D eigenvalue weighted by atomic mass is 10.2. The topological polar surface area (TPSA) is 58.6 Å². The molecule has 0 saturated carbocycles. The van der Waals surface area contributed by atoms with Crippen LogP contribution in [0.25, 0.3) is 0 Å². The van der Waals surface area contributed by atoms with E-state index in [-0.39, 0.29) is 12.6 Å². The number of aryl methyl sites for hydroxylation is 1. The van der Waals surface area contributed by atoms with Crippen LogP contribution in [0, 0.1) is 6.92 Å². The maximum absolute atomic E-state index is 12.0. The predicted octanol–water partition coefficient (Wildman–Crippen LogP) is 2.09. The van der Waals surface area contributed by atoms with Gasteiger partial charge >= 0.3 is 12.0 Å². The monoisotopic (exact) mass is 264 g/mol. The van der Waals surface area contributed by atoms with Gasteiger partial charge in [0.15, 0.2) is 0 Å². The molecule has 19 heavy (non-hydrogen) atoms. The van der Waals surface area contributed by atoms with Crippen molar-refractivity contribution in [2.45, 2.75) is 20.8 Å². The van der Waals surface area contributed by atoms with E-state index in [1.54, 1.807) is 11.8 Å². The van der Waals surface area contributed by atoms with Crippen molar-refractivity contribution in [1.82, 2.24) is 5.32 Å². The van der Waals surface area contributed by atoms with Gasteiger partial charge < -0.3 is 10.1 Å². The minimum atomic E-state index is -0.434. The zero-order chi connectivity index (χ0) is 14.3. The van der Waals surface area contributed by atoms with Gasteiger partial charge in [-0.3, -0.25) is 9.69 Å². The minimum absolute atomic E-state index is 0.116. The standard InChI is InChI=1S/C14H20N2O3/c1-4-16(12-8-6-7-11(3)9-12)14(18)15-10-13(17)19-5-2/h6-9H,4-5,10H2,1-3H3,(H,15,18). The number of carbonyl (C=O) groups is 2. The van der Waals surface area contributed by atoms with Gasteiger partial charge in [-0.15, -0.1) is 0 Å². The Morgan fingerprint density at radius 1 is 1.32 bits per heavy atom. The number of esters is 1. The van der Waals surface area contributed by atoms with Crippen molar-refractivity contribution in [1.29, 1.82) is 0 Å². The third-order valence-electron chi connectivity index (χ3n) is 2.56. The SMILES string of the molecule is CCOC(=O)CNC(=O)N(CC)c1cccc(C)c1. The third kappa shape index (κ3) is 4.62. The summed E-state index contributed by atoms with van der Waals surface area (Å²) in [5, 5.41) is 2.55. The summed E-state index contributed by atoms with van der Waals surface area (Å²) in [6, 6.07) is 7.34. The molecule has 0 aliphatic rings. The largest absolute Gasteiger partial charge is 0.465 e. The summed E-state index contributed by atoms with van der Waals surface area (Å²) < 4.78 is 4.76. The van der Waals surface area contributed by atoms with Crippen molar-refractivity contribution >= 4 is 17.7 Å². The Balaban J connectivity index is 2.64. The molecule has 5 nitrogen and oxygen atoms in total.